The summed E-state index contributed by atoms with van der Waals surface area (Å²) in [6.45, 7) is 5.18. The molecule has 2 amide bonds. The zero-order valence-corrected chi connectivity index (χ0v) is 16.2. The molecule has 0 radical (unpaired) electrons. The molecule has 3 aromatic rings. The van der Waals surface area contributed by atoms with Crippen molar-refractivity contribution in [2.24, 2.45) is 0 Å². The Morgan fingerprint density at radius 1 is 1.14 bits per heavy atom. The molecule has 1 heterocycles. The van der Waals surface area contributed by atoms with Crippen molar-refractivity contribution in [1.82, 2.24) is 5.16 Å². The molecule has 0 spiro atoms. The Hall–Kier alpha value is -3.68. The van der Waals surface area contributed by atoms with E-state index in [4.69, 9.17) is 9.26 Å². The molecule has 0 aliphatic heterocycles. The van der Waals surface area contributed by atoms with Gasteiger partial charge in [0.2, 0.25) is 5.91 Å². The molecule has 0 saturated heterocycles. The van der Waals surface area contributed by atoms with Gasteiger partial charge in [-0.05, 0) is 50.2 Å². The average Bonchev–Trinajstić information content (AvgIpc) is 3.00. The zero-order valence-electron chi connectivity index (χ0n) is 16.2. The second kappa shape index (κ2) is 8.55. The van der Waals surface area contributed by atoms with E-state index in [1.807, 2.05) is 6.92 Å². The summed E-state index contributed by atoms with van der Waals surface area (Å²) in [6, 6.07) is 10.6. The number of ether oxygens (including phenoxy) is 1. The first kappa shape index (κ1) is 20.1. The molecule has 1 aromatic heterocycles. The molecule has 0 unspecified atom stereocenters. The van der Waals surface area contributed by atoms with E-state index in [0.717, 1.165) is 11.3 Å². The third kappa shape index (κ3) is 4.98. The van der Waals surface area contributed by atoms with Gasteiger partial charge in [0.25, 0.3) is 5.91 Å². The van der Waals surface area contributed by atoms with Gasteiger partial charge in [-0.2, -0.15) is 0 Å². The van der Waals surface area contributed by atoms with E-state index < -0.39 is 17.6 Å². The highest BCUT2D eigenvalue weighted by atomic mass is 19.1. The number of benzene rings is 2. The summed E-state index contributed by atoms with van der Waals surface area (Å²) in [7, 11) is 0. The predicted molar refractivity (Wildman–Crippen MR) is 105 cm³/mol. The smallest absolute Gasteiger partial charge is 0.255 e. The number of rotatable bonds is 6. The lowest BCUT2D eigenvalue weighted by Crippen LogP contribution is -2.13. The van der Waals surface area contributed by atoms with Gasteiger partial charge in [-0.15, -0.1) is 0 Å². The molecule has 29 heavy (non-hydrogen) atoms. The van der Waals surface area contributed by atoms with Gasteiger partial charge in [0.15, 0.2) is 0 Å². The molecular formula is C21H20FN3O4. The number of halogens is 1. The van der Waals surface area contributed by atoms with E-state index in [2.05, 4.69) is 15.8 Å². The number of anilines is 2. The fourth-order valence-electron chi connectivity index (χ4n) is 2.68. The fraction of sp³-hybridized carbons (Fsp3) is 0.190. The van der Waals surface area contributed by atoms with Crippen LogP contribution in [-0.4, -0.2) is 17.0 Å². The van der Waals surface area contributed by atoms with Crippen molar-refractivity contribution in [3.63, 3.8) is 0 Å². The number of aryl methyl sites for hydroxylation is 2. The highest BCUT2D eigenvalue weighted by Crippen LogP contribution is 2.22. The van der Waals surface area contributed by atoms with E-state index in [-0.39, 0.29) is 12.3 Å². The number of nitrogens with one attached hydrogen (secondary N) is 2. The molecule has 0 saturated carbocycles. The maximum Gasteiger partial charge on any atom is 0.255 e. The van der Waals surface area contributed by atoms with Gasteiger partial charge in [0, 0.05) is 18.2 Å². The molecule has 2 aromatic carbocycles. The van der Waals surface area contributed by atoms with Crippen LogP contribution >= 0.6 is 0 Å². The van der Waals surface area contributed by atoms with Crippen LogP contribution in [0.15, 0.2) is 47.0 Å². The molecule has 7 nitrogen and oxygen atoms in total. The van der Waals surface area contributed by atoms with Crippen LogP contribution in [-0.2, 0) is 11.4 Å². The lowest BCUT2D eigenvalue weighted by atomic mass is 10.2. The molecule has 0 bridgehead atoms. The Morgan fingerprint density at radius 3 is 2.62 bits per heavy atom. The Morgan fingerprint density at radius 2 is 1.93 bits per heavy atom. The van der Waals surface area contributed by atoms with Crippen LogP contribution in [0.1, 0.15) is 34.3 Å². The Kier molecular flexibility index (Phi) is 5.92. The van der Waals surface area contributed by atoms with Gasteiger partial charge >= 0.3 is 0 Å². The summed E-state index contributed by atoms with van der Waals surface area (Å²) in [5, 5.41) is 8.93. The molecule has 3 rings (SSSR count). The van der Waals surface area contributed by atoms with Crippen molar-refractivity contribution in [1.29, 1.82) is 0 Å². The molecule has 8 heteroatoms. The number of hydrogen-bond acceptors (Lipinski definition) is 5. The number of aromatic nitrogens is 1. The van der Waals surface area contributed by atoms with Gasteiger partial charge in [-0.3, -0.25) is 9.59 Å². The summed E-state index contributed by atoms with van der Waals surface area (Å²) in [5.74, 6) is -0.199. The zero-order chi connectivity index (χ0) is 21.0. The van der Waals surface area contributed by atoms with Crippen LogP contribution in [0.2, 0.25) is 0 Å². The van der Waals surface area contributed by atoms with Crippen molar-refractivity contribution in [3.8, 4) is 5.75 Å². The molecule has 150 valence electrons. The lowest BCUT2D eigenvalue weighted by molar-refractivity contribution is -0.114. The summed E-state index contributed by atoms with van der Waals surface area (Å²) < 4.78 is 24.6. The van der Waals surface area contributed by atoms with E-state index in [9.17, 15) is 14.0 Å². The topological polar surface area (TPSA) is 93.5 Å². The van der Waals surface area contributed by atoms with Crippen LogP contribution in [0.3, 0.4) is 0 Å². The average molecular weight is 397 g/mol. The van der Waals surface area contributed by atoms with Crippen LogP contribution in [0.4, 0.5) is 15.8 Å². The Bertz CT molecular complexity index is 1040. The fourth-order valence-corrected chi connectivity index (χ4v) is 2.68. The van der Waals surface area contributed by atoms with E-state index in [0.29, 0.717) is 22.8 Å². The second-order valence-electron chi connectivity index (χ2n) is 6.45. The molecule has 2 N–H and O–H groups in total. The highest BCUT2D eigenvalue weighted by molar-refractivity contribution is 6.05. The number of carbonyl (C=O) groups is 2. The summed E-state index contributed by atoms with van der Waals surface area (Å²) in [5.41, 5.74) is 2.32. The Labute approximate surface area is 166 Å². The largest absolute Gasteiger partial charge is 0.489 e. The minimum absolute atomic E-state index is 0.00755. The third-order valence-electron chi connectivity index (χ3n) is 4.20. The first-order valence-electron chi connectivity index (χ1n) is 8.86. The van der Waals surface area contributed by atoms with E-state index in [1.165, 1.54) is 25.1 Å². The van der Waals surface area contributed by atoms with Crippen molar-refractivity contribution in [2.75, 3.05) is 10.6 Å². The first-order valence-corrected chi connectivity index (χ1v) is 8.86. The van der Waals surface area contributed by atoms with Crippen molar-refractivity contribution in [2.45, 2.75) is 27.4 Å². The quantitative estimate of drug-likeness (QED) is 0.650. The Balaban J connectivity index is 1.70. The number of amides is 2. The summed E-state index contributed by atoms with van der Waals surface area (Å²) >= 11 is 0. The predicted octanol–water partition coefficient (Wildman–Crippen LogP) is 4.22. The lowest BCUT2D eigenvalue weighted by Gasteiger charge is -2.10. The maximum atomic E-state index is 13.7. The first-order chi connectivity index (χ1) is 13.8. The van der Waals surface area contributed by atoms with Crippen LogP contribution < -0.4 is 15.4 Å². The van der Waals surface area contributed by atoms with Gasteiger partial charge in [0.1, 0.15) is 23.9 Å². The van der Waals surface area contributed by atoms with Crippen LogP contribution in [0.5, 0.6) is 5.75 Å². The SMILES string of the molecule is CC(=O)Nc1cc(NC(=O)c2cccc(OCc3c(C)noc3C)c2)ccc1F. The minimum atomic E-state index is -0.590. The summed E-state index contributed by atoms with van der Waals surface area (Å²) in [6.07, 6.45) is 0. The number of carbonyl (C=O) groups excluding carboxylic acids is 2. The van der Waals surface area contributed by atoms with Crippen molar-refractivity contribution in [3.05, 3.63) is 70.9 Å². The van der Waals surface area contributed by atoms with Crippen molar-refractivity contribution >= 4 is 23.2 Å². The second-order valence-corrected chi connectivity index (χ2v) is 6.45. The van der Waals surface area contributed by atoms with Gasteiger partial charge in [0.05, 0.1) is 16.9 Å². The van der Waals surface area contributed by atoms with E-state index >= 15 is 0 Å². The maximum absolute atomic E-state index is 13.7. The highest BCUT2D eigenvalue weighted by Gasteiger charge is 2.12. The van der Waals surface area contributed by atoms with Gasteiger partial charge in [-0.25, -0.2) is 4.39 Å². The van der Waals surface area contributed by atoms with Gasteiger partial charge in [-0.1, -0.05) is 11.2 Å². The van der Waals surface area contributed by atoms with Crippen LogP contribution in [0.25, 0.3) is 0 Å². The molecule has 0 fully saturated rings. The van der Waals surface area contributed by atoms with Gasteiger partial charge < -0.3 is 19.9 Å². The molecule has 0 aliphatic rings. The monoisotopic (exact) mass is 397 g/mol. The summed E-state index contributed by atoms with van der Waals surface area (Å²) in [4.78, 5) is 23.7. The molecule has 0 aliphatic carbocycles. The minimum Gasteiger partial charge on any atom is -0.489 e. The van der Waals surface area contributed by atoms with E-state index in [1.54, 1.807) is 31.2 Å². The number of hydrogen-bond donors (Lipinski definition) is 2. The third-order valence-corrected chi connectivity index (χ3v) is 4.20. The molecular weight excluding hydrogens is 377 g/mol. The van der Waals surface area contributed by atoms with Crippen LogP contribution in [0, 0.1) is 19.7 Å². The normalized spacial score (nSPS) is 10.5. The van der Waals surface area contributed by atoms with Crippen molar-refractivity contribution < 1.29 is 23.2 Å². The molecule has 0 atom stereocenters. The number of nitrogens with zero attached hydrogens (tertiary/aromatic N) is 1. The standard InChI is InChI=1S/C21H20FN3O4/c1-12-18(13(2)29-25-12)11-28-17-6-4-5-15(9-17)21(27)24-16-7-8-19(22)20(10-16)23-14(3)26/h4-10H,11H2,1-3H3,(H,23,26)(H,24,27).